The molecule has 246 valence electrons. The topological polar surface area (TPSA) is 16.4 Å². The van der Waals surface area contributed by atoms with Crippen LogP contribution in [-0.2, 0) is 11.8 Å². The Hall–Kier alpha value is -4.30. The second kappa shape index (κ2) is 11.9. The van der Waals surface area contributed by atoms with Gasteiger partial charge >= 0.3 is 0 Å². The van der Waals surface area contributed by atoms with E-state index in [-0.39, 0.29) is 11.5 Å². The number of hydrogen-bond donors (Lipinski definition) is 0. The first-order valence-corrected chi connectivity index (χ1v) is 19.2. The molecule has 5 atom stereocenters. The molecule has 1 heterocycles. The number of furan rings is 1. The van der Waals surface area contributed by atoms with Crippen molar-refractivity contribution in [2.75, 3.05) is 0 Å². The molecule has 0 saturated carbocycles. The summed E-state index contributed by atoms with van der Waals surface area (Å²) in [4.78, 5) is 2.73. The van der Waals surface area contributed by atoms with Crippen molar-refractivity contribution in [3.63, 3.8) is 0 Å². The van der Waals surface area contributed by atoms with Gasteiger partial charge in [0.2, 0.25) is 0 Å². The molecule has 49 heavy (non-hydrogen) atoms. The summed E-state index contributed by atoms with van der Waals surface area (Å²) in [6.07, 6.45) is 50.8. The Morgan fingerprint density at radius 1 is 0.755 bits per heavy atom. The van der Waals surface area contributed by atoms with Gasteiger partial charge in [-0.3, -0.25) is 0 Å². The number of nitrogens with zero attached hydrogens (tertiary/aromatic N) is 1. The molecule has 0 aliphatic heterocycles. The highest BCUT2D eigenvalue weighted by atomic mass is 16.3. The van der Waals surface area contributed by atoms with Crippen LogP contribution in [0.15, 0.2) is 136 Å². The number of hydrogen-bond acceptors (Lipinski definition) is 2. The number of aryl methyl sites for hydroxylation is 1. The molecule has 0 saturated heterocycles. The van der Waals surface area contributed by atoms with Crippen molar-refractivity contribution in [3.8, 4) is 0 Å². The van der Waals surface area contributed by atoms with E-state index in [1.165, 1.54) is 77.7 Å². The Bertz CT molecular complexity index is 2010. The average molecular weight is 642 g/mol. The van der Waals surface area contributed by atoms with E-state index < -0.39 is 0 Å². The quantitative estimate of drug-likeness (QED) is 0.302. The van der Waals surface area contributed by atoms with Crippen molar-refractivity contribution in [3.05, 3.63) is 165 Å². The Kier molecular flexibility index (Phi) is 7.21. The molecule has 1 aromatic heterocycles. The van der Waals surface area contributed by atoms with Crippen molar-refractivity contribution < 1.29 is 4.42 Å². The highest BCUT2D eigenvalue weighted by Crippen LogP contribution is 2.62. The predicted molar refractivity (Wildman–Crippen MR) is 202 cm³/mol. The van der Waals surface area contributed by atoms with Crippen molar-refractivity contribution in [1.29, 1.82) is 0 Å². The first-order chi connectivity index (χ1) is 24.3. The van der Waals surface area contributed by atoms with E-state index >= 15 is 0 Å². The van der Waals surface area contributed by atoms with Crippen LogP contribution in [0.3, 0.4) is 0 Å². The summed E-state index contributed by atoms with van der Waals surface area (Å²) in [6, 6.07) is 9.65. The van der Waals surface area contributed by atoms with Gasteiger partial charge in [0.15, 0.2) is 0 Å². The summed E-state index contributed by atoms with van der Waals surface area (Å²) in [5.41, 5.74) is 13.0. The van der Waals surface area contributed by atoms with Crippen LogP contribution in [0.4, 0.5) is 0 Å². The molecule has 2 aromatic rings. The van der Waals surface area contributed by atoms with Gasteiger partial charge in [0.25, 0.3) is 0 Å². The van der Waals surface area contributed by atoms with Gasteiger partial charge in [0.05, 0.1) is 11.5 Å². The molecule has 2 nitrogen and oxygen atoms in total. The molecule has 1 aromatic carbocycles. The molecule has 10 rings (SSSR count). The maximum atomic E-state index is 6.60. The van der Waals surface area contributed by atoms with Crippen LogP contribution >= 0.6 is 0 Å². The van der Waals surface area contributed by atoms with E-state index in [0.29, 0.717) is 17.8 Å². The minimum Gasteiger partial charge on any atom is -0.461 e. The van der Waals surface area contributed by atoms with E-state index in [2.05, 4.69) is 120 Å². The SMILES string of the molecule is C1=CC(C2(C3=CCCCC3)C3=CC(N(C4=CC5C=CCCC5C=C4)C4CC=Cc5oc6c(c54)C=CCC6)=CCC3c3ccccc32)=CCC1. The lowest BCUT2D eigenvalue weighted by Gasteiger charge is -2.43. The molecule has 0 amide bonds. The minimum atomic E-state index is -0.188. The Labute approximate surface area is 292 Å². The van der Waals surface area contributed by atoms with Crippen molar-refractivity contribution in [1.82, 2.24) is 4.90 Å². The molecule has 0 radical (unpaired) electrons. The second-order valence-electron chi connectivity index (χ2n) is 15.3. The van der Waals surface area contributed by atoms with Gasteiger partial charge in [-0.05, 0) is 117 Å². The summed E-state index contributed by atoms with van der Waals surface area (Å²) >= 11 is 0. The summed E-state index contributed by atoms with van der Waals surface area (Å²) in [5, 5.41) is 0. The maximum Gasteiger partial charge on any atom is 0.132 e. The number of rotatable bonds is 5. The number of allylic oxidation sites excluding steroid dienone is 15. The largest absolute Gasteiger partial charge is 0.461 e. The lowest BCUT2D eigenvalue weighted by atomic mass is 9.62. The second-order valence-corrected chi connectivity index (χ2v) is 15.3. The normalized spacial score (nSPS) is 30.6. The molecule has 8 aliphatic rings. The fourth-order valence-corrected chi connectivity index (χ4v) is 10.6. The molecule has 0 spiro atoms. The number of fused-ring (bicyclic) bond motifs is 7. The third kappa shape index (κ3) is 4.59. The van der Waals surface area contributed by atoms with Gasteiger partial charge in [-0.15, -0.1) is 0 Å². The first-order valence-electron chi connectivity index (χ1n) is 19.2. The summed E-state index contributed by atoms with van der Waals surface area (Å²) in [7, 11) is 0. The summed E-state index contributed by atoms with van der Waals surface area (Å²) in [5.74, 6) is 3.67. The fourth-order valence-electron chi connectivity index (χ4n) is 10.6. The van der Waals surface area contributed by atoms with E-state index in [1.54, 1.807) is 11.1 Å². The molecule has 8 aliphatic carbocycles. The average Bonchev–Trinajstić information content (AvgIpc) is 3.70. The Morgan fingerprint density at radius 2 is 1.71 bits per heavy atom. The van der Waals surface area contributed by atoms with Crippen molar-refractivity contribution in [2.45, 2.75) is 94.4 Å². The molecule has 2 heteroatoms. The van der Waals surface area contributed by atoms with Crippen LogP contribution in [0.25, 0.3) is 12.2 Å². The zero-order valence-corrected chi connectivity index (χ0v) is 28.6. The third-order valence-corrected chi connectivity index (χ3v) is 12.8. The predicted octanol–water partition coefficient (Wildman–Crippen LogP) is 12.1. The maximum absolute atomic E-state index is 6.60. The minimum absolute atomic E-state index is 0.177. The smallest absolute Gasteiger partial charge is 0.132 e. The highest BCUT2D eigenvalue weighted by molar-refractivity contribution is 5.72. The van der Waals surface area contributed by atoms with Gasteiger partial charge in [0, 0.05) is 40.8 Å². The van der Waals surface area contributed by atoms with Crippen LogP contribution in [-0.4, -0.2) is 4.90 Å². The van der Waals surface area contributed by atoms with Gasteiger partial charge in [-0.2, -0.15) is 0 Å². The van der Waals surface area contributed by atoms with Crippen LogP contribution in [0.5, 0.6) is 0 Å². The monoisotopic (exact) mass is 641 g/mol. The Morgan fingerprint density at radius 3 is 2.63 bits per heavy atom. The van der Waals surface area contributed by atoms with Gasteiger partial charge < -0.3 is 9.32 Å². The lowest BCUT2D eigenvalue weighted by molar-refractivity contribution is 0.320. The van der Waals surface area contributed by atoms with E-state index in [1.807, 2.05) is 0 Å². The lowest BCUT2D eigenvalue weighted by Crippen LogP contribution is -2.35. The van der Waals surface area contributed by atoms with Crippen LogP contribution in [0.2, 0.25) is 0 Å². The molecule has 0 fully saturated rings. The van der Waals surface area contributed by atoms with Gasteiger partial charge in [-0.1, -0.05) is 103 Å². The van der Waals surface area contributed by atoms with Crippen molar-refractivity contribution >= 4 is 12.2 Å². The highest BCUT2D eigenvalue weighted by Gasteiger charge is 2.52. The van der Waals surface area contributed by atoms with E-state index in [9.17, 15) is 0 Å². The van der Waals surface area contributed by atoms with Gasteiger partial charge in [0.1, 0.15) is 11.5 Å². The zero-order chi connectivity index (χ0) is 32.4. The Balaban J connectivity index is 1.18. The van der Waals surface area contributed by atoms with Crippen LogP contribution < -0.4 is 0 Å². The molecule has 0 bridgehead atoms. The van der Waals surface area contributed by atoms with Crippen LogP contribution in [0, 0.1) is 11.8 Å². The molecular formula is C47H47NO. The van der Waals surface area contributed by atoms with Gasteiger partial charge in [-0.25, -0.2) is 0 Å². The van der Waals surface area contributed by atoms with E-state index in [4.69, 9.17) is 4.42 Å². The summed E-state index contributed by atoms with van der Waals surface area (Å²) in [6.45, 7) is 0. The standard InChI is InChI=1S/C47H47NO/c1-3-16-34(17-4-1)47(35-18-5-2-6-19-35)41-22-11-9-20-38(41)39-29-28-37(31-42(39)47)48(36-27-26-32-14-7-8-15-33(32)30-36)43-23-13-25-45-46(43)40-21-10-12-24-44(40)49-45/h3,8-11,13,15-18,20-22,25-28,30-33,39,43H,1-2,4-7,12,14,19,23-24,29H2. The fraction of sp³-hybridized carbons (Fsp3) is 0.362. The molecular weight excluding hydrogens is 595 g/mol. The third-order valence-electron chi connectivity index (χ3n) is 12.8. The van der Waals surface area contributed by atoms with Crippen LogP contribution in [0.1, 0.15) is 116 Å². The molecule has 0 N–H and O–H groups in total. The zero-order valence-electron chi connectivity index (χ0n) is 28.6. The van der Waals surface area contributed by atoms with E-state index in [0.717, 1.165) is 50.0 Å². The van der Waals surface area contributed by atoms with Crippen molar-refractivity contribution in [2.24, 2.45) is 11.8 Å². The molecule has 5 unspecified atom stereocenters. The summed E-state index contributed by atoms with van der Waals surface area (Å²) < 4.78 is 6.60. The first kappa shape index (κ1) is 29.6. The number of benzene rings is 1.